The van der Waals surface area contributed by atoms with Gasteiger partial charge >= 0.3 is 0 Å². The first-order valence-electron chi connectivity index (χ1n) is 12.1. The number of hydrogen-bond acceptors (Lipinski definition) is 5. The third-order valence-electron chi connectivity index (χ3n) is 6.51. The number of nitrogens with zero attached hydrogens (tertiary/aromatic N) is 2. The Bertz CT molecular complexity index is 1120. The Hall–Kier alpha value is -3.77. The molecular formula is C29H32N4O2. The summed E-state index contributed by atoms with van der Waals surface area (Å²) in [5, 5.41) is 0. The highest BCUT2D eigenvalue weighted by Crippen LogP contribution is 2.39. The van der Waals surface area contributed by atoms with Crippen LogP contribution >= 0.6 is 0 Å². The summed E-state index contributed by atoms with van der Waals surface area (Å²) in [4.78, 5) is 32.5. The summed E-state index contributed by atoms with van der Waals surface area (Å²) in [6, 6.07) is 28.4. The molecule has 0 saturated carbocycles. The van der Waals surface area contributed by atoms with Gasteiger partial charge in [-0.1, -0.05) is 97.4 Å². The van der Waals surface area contributed by atoms with Crippen LogP contribution in [0.15, 0.2) is 96.0 Å². The van der Waals surface area contributed by atoms with Crippen molar-refractivity contribution in [3.05, 3.63) is 108 Å². The summed E-state index contributed by atoms with van der Waals surface area (Å²) in [5.74, 6) is 0.149. The third kappa shape index (κ3) is 5.33. The van der Waals surface area contributed by atoms with Crippen LogP contribution in [0, 0.1) is 0 Å². The summed E-state index contributed by atoms with van der Waals surface area (Å²) < 4.78 is 0. The number of aliphatic imine (C=N–C) groups is 1. The molecule has 3 aromatic rings. The number of hydrogen-bond donors (Lipinski definition) is 2. The van der Waals surface area contributed by atoms with Crippen molar-refractivity contribution in [2.24, 2.45) is 16.5 Å². The van der Waals surface area contributed by atoms with Gasteiger partial charge < -0.3 is 11.5 Å². The Morgan fingerprint density at radius 2 is 1.37 bits per heavy atom. The van der Waals surface area contributed by atoms with Gasteiger partial charge in [0.15, 0.2) is 11.5 Å². The third-order valence-corrected chi connectivity index (χ3v) is 6.51. The molecule has 6 nitrogen and oxygen atoms in total. The van der Waals surface area contributed by atoms with Gasteiger partial charge in [-0.15, -0.1) is 0 Å². The minimum absolute atomic E-state index is 0.0688. The SMILES string of the molecule is NC1=NC(c2ccccc2)(c2ccccc2)C(=O)N1CCCCCC(=O)C(N)Cc1ccccc1. The summed E-state index contributed by atoms with van der Waals surface area (Å²) in [6.45, 7) is 0.458. The van der Waals surface area contributed by atoms with Gasteiger partial charge in [-0.3, -0.25) is 14.5 Å². The molecule has 0 bridgehead atoms. The van der Waals surface area contributed by atoms with Crippen LogP contribution in [0.5, 0.6) is 0 Å². The molecule has 35 heavy (non-hydrogen) atoms. The number of unbranched alkanes of at least 4 members (excludes halogenated alkanes) is 2. The molecule has 1 aliphatic heterocycles. The predicted molar refractivity (Wildman–Crippen MR) is 139 cm³/mol. The van der Waals surface area contributed by atoms with E-state index in [0.29, 0.717) is 19.4 Å². The molecule has 3 aromatic carbocycles. The average molecular weight is 469 g/mol. The molecule has 0 radical (unpaired) electrons. The normalized spacial score (nSPS) is 15.6. The van der Waals surface area contributed by atoms with E-state index in [1.165, 1.54) is 0 Å². The lowest BCUT2D eigenvalue weighted by molar-refractivity contribution is -0.130. The minimum atomic E-state index is -1.17. The molecule has 4 N–H and O–H groups in total. The molecule has 4 rings (SSSR count). The smallest absolute Gasteiger partial charge is 0.266 e. The Morgan fingerprint density at radius 3 is 1.94 bits per heavy atom. The molecule has 0 aromatic heterocycles. The lowest BCUT2D eigenvalue weighted by Crippen LogP contribution is -2.44. The standard InChI is InChI=1S/C29H32N4O2/c30-25(21-22-13-5-1-6-14-22)26(34)19-11-4-12-20-33-27(35)29(32-28(33)31,23-15-7-2-8-16-23)24-17-9-3-10-18-24/h1-3,5-10,13-18,25H,4,11-12,19-21,30H2,(H2,31,32). The number of nitrogens with two attached hydrogens (primary N) is 2. The van der Waals surface area contributed by atoms with Crippen molar-refractivity contribution in [3.63, 3.8) is 0 Å². The number of rotatable bonds is 11. The number of carbonyl (C=O) groups is 2. The molecule has 6 heteroatoms. The van der Waals surface area contributed by atoms with E-state index in [1.54, 1.807) is 4.90 Å². The van der Waals surface area contributed by atoms with Gasteiger partial charge in [-0.2, -0.15) is 0 Å². The van der Waals surface area contributed by atoms with Crippen LogP contribution in [0.3, 0.4) is 0 Å². The van der Waals surface area contributed by atoms with E-state index in [1.807, 2.05) is 91.0 Å². The molecule has 0 fully saturated rings. The van der Waals surface area contributed by atoms with Crippen LogP contribution in [0.4, 0.5) is 0 Å². The van der Waals surface area contributed by atoms with Gasteiger partial charge in [0.05, 0.1) is 6.04 Å². The number of benzene rings is 3. The Kier molecular flexibility index (Phi) is 7.73. The molecule has 0 spiro atoms. The number of Topliss-reactive ketones (excluding diaryl/α,β-unsaturated/α-hetero) is 1. The zero-order chi connectivity index (χ0) is 24.7. The van der Waals surface area contributed by atoms with Crippen LogP contribution in [-0.2, 0) is 21.5 Å². The number of carbonyl (C=O) groups excluding carboxylic acids is 2. The molecule has 1 aliphatic rings. The fourth-order valence-electron chi connectivity index (χ4n) is 4.61. The molecule has 1 atom stereocenters. The Labute approximate surface area is 206 Å². The second-order valence-electron chi connectivity index (χ2n) is 8.94. The highest BCUT2D eigenvalue weighted by Gasteiger charge is 2.50. The zero-order valence-corrected chi connectivity index (χ0v) is 19.8. The van der Waals surface area contributed by atoms with Gasteiger partial charge in [0, 0.05) is 13.0 Å². The molecule has 0 saturated heterocycles. The summed E-state index contributed by atoms with van der Waals surface area (Å²) in [6.07, 6.45) is 3.23. The minimum Gasteiger partial charge on any atom is -0.369 e. The van der Waals surface area contributed by atoms with Crippen molar-refractivity contribution >= 4 is 17.6 Å². The van der Waals surface area contributed by atoms with E-state index in [0.717, 1.165) is 36.0 Å². The average Bonchev–Trinajstić information content (AvgIpc) is 3.15. The maximum atomic E-state index is 13.7. The molecule has 1 unspecified atom stereocenters. The Balaban J connectivity index is 1.34. The lowest BCUT2D eigenvalue weighted by Gasteiger charge is -2.27. The first-order valence-corrected chi connectivity index (χ1v) is 12.1. The summed E-state index contributed by atoms with van der Waals surface area (Å²) >= 11 is 0. The van der Waals surface area contributed by atoms with E-state index < -0.39 is 11.6 Å². The molecular weight excluding hydrogens is 436 g/mol. The fourth-order valence-corrected chi connectivity index (χ4v) is 4.61. The molecule has 0 aliphatic carbocycles. The highest BCUT2D eigenvalue weighted by atomic mass is 16.2. The predicted octanol–water partition coefficient (Wildman–Crippen LogP) is 3.79. The van der Waals surface area contributed by atoms with Crippen molar-refractivity contribution < 1.29 is 9.59 Å². The maximum absolute atomic E-state index is 13.7. The van der Waals surface area contributed by atoms with Gasteiger partial charge in [0.25, 0.3) is 5.91 Å². The monoisotopic (exact) mass is 468 g/mol. The van der Waals surface area contributed by atoms with E-state index in [2.05, 4.69) is 0 Å². The van der Waals surface area contributed by atoms with Crippen LogP contribution in [0.2, 0.25) is 0 Å². The maximum Gasteiger partial charge on any atom is 0.266 e. The summed E-state index contributed by atoms with van der Waals surface area (Å²) in [5.41, 5.74) is 13.9. The second-order valence-corrected chi connectivity index (χ2v) is 8.94. The largest absolute Gasteiger partial charge is 0.369 e. The van der Waals surface area contributed by atoms with Crippen molar-refractivity contribution in [1.82, 2.24) is 4.90 Å². The van der Waals surface area contributed by atoms with E-state index in [4.69, 9.17) is 16.5 Å². The van der Waals surface area contributed by atoms with E-state index in [9.17, 15) is 9.59 Å². The van der Waals surface area contributed by atoms with Gasteiger partial charge in [-0.05, 0) is 36.0 Å². The van der Waals surface area contributed by atoms with Crippen LogP contribution < -0.4 is 11.5 Å². The quantitative estimate of drug-likeness (QED) is 0.418. The summed E-state index contributed by atoms with van der Waals surface area (Å²) in [7, 11) is 0. The molecule has 1 heterocycles. The molecule has 180 valence electrons. The topological polar surface area (TPSA) is 102 Å². The second kappa shape index (κ2) is 11.1. The van der Waals surface area contributed by atoms with Crippen LogP contribution in [-0.4, -0.2) is 35.1 Å². The van der Waals surface area contributed by atoms with Gasteiger partial charge in [-0.25, -0.2) is 4.99 Å². The fraction of sp³-hybridized carbons (Fsp3) is 0.276. The number of ketones is 1. The molecule has 1 amide bonds. The van der Waals surface area contributed by atoms with Crippen molar-refractivity contribution in [2.45, 2.75) is 43.7 Å². The van der Waals surface area contributed by atoms with Crippen molar-refractivity contribution in [1.29, 1.82) is 0 Å². The first kappa shape index (κ1) is 24.4. The van der Waals surface area contributed by atoms with Crippen LogP contribution in [0.25, 0.3) is 0 Å². The van der Waals surface area contributed by atoms with Crippen LogP contribution in [0.1, 0.15) is 42.4 Å². The number of amides is 1. The number of guanidine groups is 1. The Morgan fingerprint density at radius 1 is 0.829 bits per heavy atom. The van der Waals surface area contributed by atoms with E-state index >= 15 is 0 Å². The highest BCUT2D eigenvalue weighted by molar-refractivity contribution is 6.09. The van der Waals surface area contributed by atoms with Crippen molar-refractivity contribution in [2.75, 3.05) is 6.54 Å². The lowest BCUT2D eigenvalue weighted by atomic mass is 9.83. The van der Waals surface area contributed by atoms with Crippen molar-refractivity contribution in [3.8, 4) is 0 Å². The zero-order valence-electron chi connectivity index (χ0n) is 19.8. The van der Waals surface area contributed by atoms with E-state index in [-0.39, 0.29) is 17.6 Å². The van der Waals surface area contributed by atoms with Gasteiger partial charge in [0.1, 0.15) is 5.78 Å². The van der Waals surface area contributed by atoms with Gasteiger partial charge in [0.2, 0.25) is 0 Å². The first-order chi connectivity index (χ1) is 17.0.